The van der Waals surface area contributed by atoms with E-state index in [1.165, 1.54) is 198 Å². The number of hydrogen-bond donors (Lipinski definition) is 0. The van der Waals surface area contributed by atoms with Gasteiger partial charge in [-0.15, -0.1) is 0 Å². The zero-order valence-electron chi connectivity index (χ0n) is 83.9. The first-order valence-electron chi connectivity index (χ1n) is 51.6. The molecule has 28 rings (SSSR count). The van der Waals surface area contributed by atoms with E-state index in [9.17, 15) is 5.26 Å². The summed E-state index contributed by atoms with van der Waals surface area (Å²) in [6.07, 6.45) is 0. The summed E-state index contributed by atoms with van der Waals surface area (Å²) in [5.74, 6) is 0. The second-order valence-electron chi connectivity index (χ2n) is 41.0. The van der Waals surface area contributed by atoms with Crippen LogP contribution in [0, 0.1) is 11.3 Å². The molecule has 1 atom stereocenters. The molecule has 0 saturated carbocycles. The Morgan fingerprint density at radius 1 is 0.188 bits per heavy atom. The maximum Gasteiger partial charge on any atom is 0.0991 e. The van der Waals surface area contributed by atoms with Crippen molar-refractivity contribution in [3.8, 4) is 101 Å². The molecule has 0 amide bonds. The van der Waals surface area contributed by atoms with Crippen molar-refractivity contribution in [2.75, 3.05) is 9.80 Å². The van der Waals surface area contributed by atoms with Gasteiger partial charge >= 0.3 is 0 Å². The molecule has 149 heavy (non-hydrogen) atoms. The van der Waals surface area contributed by atoms with Crippen LogP contribution in [0.1, 0.15) is 80.5 Å². The highest BCUT2D eigenvalue weighted by Gasteiger charge is 2.40. The molecule has 0 bridgehead atoms. The van der Waals surface area contributed by atoms with Crippen molar-refractivity contribution in [2.45, 2.75) is 57.8 Å². The molecule has 7 heteroatoms. The fourth-order valence-corrected chi connectivity index (χ4v) is 26.3. The van der Waals surface area contributed by atoms with E-state index >= 15 is 0 Å². The molecule has 6 nitrogen and oxygen atoms in total. The van der Waals surface area contributed by atoms with Gasteiger partial charge in [-0.05, 0) is 317 Å². The molecule has 0 N–H and O–H groups in total. The summed E-state index contributed by atoms with van der Waals surface area (Å²) >= 11 is 0. The van der Waals surface area contributed by atoms with Gasteiger partial charge in [-0.1, -0.05) is 387 Å². The first kappa shape index (κ1) is 90.7. The lowest BCUT2D eigenvalue weighted by molar-refractivity contribution is 0.660. The molecule has 22 aromatic carbocycles. The number of rotatable bonds is 16. The minimum atomic E-state index is -0.729. The van der Waals surface area contributed by atoms with Gasteiger partial charge in [-0.25, -0.2) is 0 Å². The summed E-state index contributed by atoms with van der Waals surface area (Å²) in [7, 11) is -0.729. The number of nitrogens with zero attached hydrogens (tertiary/aromatic N) is 6. The van der Waals surface area contributed by atoms with Gasteiger partial charge in [-0.2, -0.15) is 5.26 Å². The summed E-state index contributed by atoms with van der Waals surface area (Å²) < 4.78 is 7.10. The van der Waals surface area contributed by atoms with E-state index in [1.54, 1.807) is 0 Å². The quantitative estimate of drug-likeness (QED) is 0.0906. The molecular formula is C142H105N6P. The standard InChI is InChI=1S/C51H38N2.C46H33N3.C45H34NP/c1-51(2)47-19-11-9-17-43(47)44-31-30-42(34-48(44)51)52(40-26-21-36(22-27-40)35-13-5-3-6-14-35)41-28-23-37(24-29-41)38-25-32-50-46(33-38)45-18-10-12-20-49(45)53(50)39-15-7-4-8-16-39;1-46(2)42-14-8-6-12-38(42)39-26-25-37(29-43(39)46)48(35-21-16-31(30-47)17-22-35)36-23-18-32(19-24-36)33-20-27-45-41(28-33)40-13-7-9-15-44(40)49(45)34-10-4-3-5-11-34;1-45(2)41-19-11-9-17-37(41)38-27-26-36(30-42(38)45)47(34-15-7-4-8-16-34)35-24-21-31(22-25-35)32-23-28-44-40(29-32)39-18-10-12-20-43(39)46(44)33-13-5-3-6-14-33/h3-34H,1-2H3;3-29H,1-2H3;3-30H,1-2H3. The van der Waals surface area contributed by atoms with Gasteiger partial charge in [0.15, 0.2) is 0 Å². The smallest absolute Gasteiger partial charge is 0.0991 e. The van der Waals surface area contributed by atoms with E-state index in [2.05, 4.69) is 575 Å². The molecule has 1 unspecified atom stereocenters. The molecule has 3 aliphatic rings. The van der Waals surface area contributed by atoms with Crippen LogP contribution in [0.15, 0.2) is 528 Å². The van der Waals surface area contributed by atoms with E-state index in [0.717, 1.165) is 45.4 Å². The Hall–Kier alpha value is -18.2. The lowest BCUT2D eigenvalue weighted by Gasteiger charge is -2.28. The van der Waals surface area contributed by atoms with Crippen LogP contribution in [0.2, 0.25) is 0 Å². The van der Waals surface area contributed by atoms with Crippen LogP contribution in [0.5, 0.6) is 0 Å². The third-order valence-electron chi connectivity index (χ3n) is 31.4. The number of benzene rings is 22. The number of anilines is 6. The summed E-state index contributed by atoms with van der Waals surface area (Å²) in [6, 6.07) is 194. The van der Waals surface area contributed by atoms with Gasteiger partial charge in [0.2, 0.25) is 0 Å². The normalized spacial score (nSPS) is 13.2. The van der Waals surface area contributed by atoms with Crippen LogP contribution in [0.25, 0.3) is 160 Å². The highest BCUT2D eigenvalue weighted by molar-refractivity contribution is 7.79. The Labute approximate surface area is 871 Å². The van der Waals surface area contributed by atoms with Gasteiger partial charge in [0.1, 0.15) is 0 Å². The maximum absolute atomic E-state index is 9.51. The lowest BCUT2D eigenvalue weighted by atomic mass is 9.82. The third kappa shape index (κ3) is 15.8. The van der Waals surface area contributed by atoms with Crippen molar-refractivity contribution < 1.29 is 0 Å². The molecule has 708 valence electrons. The van der Waals surface area contributed by atoms with Crippen molar-refractivity contribution in [3.63, 3.8) is 0 Å². The van der Waals surface area contributed by atoms with Crippen molar-refractivity contribution in [1.29, 1.82) is 5.26 Å². The summed E-state index contributed by atoms with van der Waals surface area (Å²) in [5, 5.41) is 21.2. The molecule has 3 heterocycles. The van der Waals surface area contributed by atoms with Gasteiger partial charge < -0.3 is 23.5 Å². The molecule has 3 aromatic heterocycles. The number of hydrogen-bond acceptors (Lipinski definition) is 3. The van der Waals surface area contributed by atoms with Gasteiger partial charge in [0.05, 0.1) is 44.7 Å². The van der Waals surface area contributed by atoms with Crippen molar-refractivity contribution in [3.05, 3.63) is 567 Å². The van der Waals surface area contributed by atoms with Gasteiger partial charge in [0, 0.05) is 99.7 Å². The zero-order valence-corrected chi connectivity index (χ0v) is 84.8. The SMILES string of the molecule is CC1(C)c2ccccc2-c2ccc(N(c3ccc(-c4ccccc4)cc3)c3ccc(-c4ccc5c(c4)c4ccccc4n5-c4ccccc4)cc3)cc21.CC1(C)c2ccccc2-c2ccc(N(c3ccc(C#N)cc3)c3ccc(-c4ccc5c(c4)c4ccccc4n5-c4ccccc4)cc3)cc21.CC1(C)c2ccccc2-c2ccc(P(c3ccccc3)c3ccc(-c4ccc5c(c4)c4ccccc4n5-c4ccccc4)cc3)cc21. The minimum absolute atomic E-state index is 0.0221. The van der Waals surface area contributed by atoms with Crippen LogP contribution in [-0.2, 0) is 16.2 Å². The molecule has 25 aromatic rings. The summed E-state index contributed by atoms with van der Waals surface area (Å²) in [5.41, 5.74) is 43.7. The highest BCUT2D eigenvalue weighted by Crippen LogP contribution is 2.56. The van der Waals surface area contributed by atoms with E-state index in [0.29, 0.717) is 5.56 Å². The molecule has 0 aliphatic heterocycles. The Bertz CT molecular complexity index is 9510. The molecule has 0 radical (unpaired) electrons. The Morgan fingerprint density at radius 2 is 0.436 bits per heavy atom. The monoisotopic (exact) mass is 1920 g/mol. The third-order valence-corrected chi connectivity index (χ3v) is 33.8. The highest BCUT2D eigenvalue weighted by atomic mass is 31.1. The fourth-order valence-electron chi connectivity index (χ4n) is 24.0. The van der Waals surface area contributed by atoms with Crippen LogP contribution in [-0.4, -0.2) is 13.7 Å². The zero-order chi connectivity index (χ0) is 100. The predicted molar refractivity (Wildman–Crippen MR) is 630 cm³/mol. The summed E-state index contributed by atoms with van der Waals surface area (Å²) in [6.45, 7) is 14.1. The van der Waals surface area contributed by atoms with Crippen molar-refractivity contribution in [1.82, 2.24) is 13.7 Å². The topological polar surface area (TPSA) is 45.1 Å². The molecule has 0 saturated heterocycles. The number of nitriles is 1. The van der Waals surface area contributed by atoms with Crippen LogP contribution < -0.4 is 25.7 Å². The van der Waals surface area contributed by atoms with E-state index in [4.69, 9.17) is 0 Å². The predicted octanol–water partition coefficient (Wildman–Crippen LogP) is 36.5. The van der Waals surface area contributed by atoms with E-state index in [1.807, 2.05) is 24.3 Å². The van der Waals surface area contributed by atoms with E-state index < -0.39 is 7.92 Å². The first-order chi connectivity index (χ1) is 73.1. The molecule has 0 fully saturated rings. The van der Waals surface area contributed by atoms with Crippen LogP contribution >= 0.6 is 7.92 Å². The van der Waals surface area contributed by atoms with Crippen molar-refractivity contribution >= 4 is 123 Å². The number of fused-ring (bicyclic) bond motifs is 18. The van der Waals surface area contributed by atoms with E-state index in [-0.39, 0.29) is 16.2 Å². The lowest BCUT2D eigenvalue weighted by Crippen LogP contribution is -2.23. The van der Waals surface area contributed by atoms with Crippen molar-refractivity contribution in [2.24, 2.45) is 0 Å². The molecule has 0 spiro atoms. The Morgan fingerprint density at radius 3 is 0.799 bits per heavy atom. The Balaban J connectivity index is 0.000000113. The average molecular weight is 1930 g/mol. The van der Waals surface area contributed by atoms with Gasteiger partial charge in [0.25, 0.3) is 0 Å². The summed E-state index contributed by atoms with van der Waals surface area (Å²) in [4.78, 5) is 4.69. The average Bonchev–Trinajstić information content (AvgIpc) is 1.58. The van der Waals surface area contributed by atoms with Gasteiger partial charge in [-0.3, -0.25) is 0 Å². The second kappa shape index (κ2) is 37.1. The largest absolute Gasteiger partial charge is 0.310 e. The first-order valence-corrected chi connectivity index (χ1v) is 52.9. The maximum atomic E-state index is 9.51. The minimum Gasteiger partial charge on any atom is -0.310 e. The Kier molecular flexibility index (Phi) is 22.6. The van der Waals surface area contributed by atoms with Crippen LogP contribution in [0.3, 0.4) is 0 Å². The fraction of sp³-hybridized carbons (Fsp3) is 0.0634. The van der Waals surface area contributed by atoms with Crippen LogP contribution in [0.4, 0.5) is 34.1 Å². The second-order valence-corrected chi connectivity index (χ2v) is 43.2. The number of para-hydroxylation sites is 6. The molecular weight excluding hydrogens is 1820 g/mol. The molecule has 3 aliphatic carbocycles. The number of aromatic nitrogens is 3.